The van der Waals surface area contributed by atoms with Crippen molar-refractivity contribution in [3.05, 3.63) is 24.3 Å². The molecule has 1 N–H and O–H groups in total. The summed E-state index contributed by atoms with van der Waals surface area (Å²) < 4.78 is 16.1. The number of amides is 3. The highest BCUT2D eigenvalue weighted by Gasteiger charge is 2.24. The van der Waals surface area contributed by atoms with Gasteiger partial charge in [0.1, 0.15) is 12.4 Å². The predicted octanol–water partition coefficient (Wildman–Crippen LogP) is 2.55. The van der Waals surface area contributed by atoms with Crippen LogP contribution in [0.4, 0.5) is 15.3 Å². The van der Waals surface area contributed by atoms with E-state index in [0.717, 1.165) is 25.2 Å². The number of hydrogen-bond donors (Lipinski definition) is 1. The van der Waals surface area contributed by atoms with Crippen molar-refractivity contribution >= 4 is 17.8 Å². The average Bonchev–Trinajstić information content (AvgIpc) is 2.73. The molecule has 3 rings (SSSR count). The quantitative estimate of drug-likeness (QED) is 0.872. The first-order valence-electron chi connectivity index (χ1n) is 9.39. The minimum absolute atomic E-state index is 0.168. The van der Waals surface area contributed by atoms with Crippen molar-refractivity contribution in [2.75, 3.05) is 51.8 Å². The van der Waals surface area contributed by atoms with Gasteiger partial charge in [-0.25, -0.2) is 9.59 Å². The second kappa shape index (κ2) is 9.45. The van der Waals surface area contributed by atoms with Crippen LogP contribution < -0.4 is 10.1 Å². The molecular weight excluding hydrogens is 350 g/mol. The van der Waals surface area contributed by atoms with Crippen molar-refractivity contribution in [2.45, 2.75) is 25.4 Å². The second-order valence-corrected chi connectivity index (χ2v) is 6.70. The third-order valence-corrected chi connectivity index (χ3v) is 4.82. The Morgan fingerprint density at radius 1 is 1.11 bits per heavy atom. The number of urea groups is 1. The zero-order valence-electron chi connectivity index (χ0n) is 15.7. The van der Waals surface area contributed by atoms with Crippen LogP contribution in [0.2, 0.25) is 0 Å². The van der Waals surface area contributed by atoms with E-state index in [1.165, 1.54) is 13.5 Å². The van der Waals surface area contributed by atoms with Gasteiger partial charge in [-0.3, -0.25) is 0 Å². The van der Waals surface area contributed by atoms with Gasteiger partial charge in [-0.1, -0.05) is 0 Å². The van der Waals surface area contributed by atoms with Gasteiger partial charge in [-0.2, -0.15) is 0 Å². The fourth-order valence-electron chi connectivity index (χ4n) is 3.19. The number of ether oxygens (including phenoxy) is 3. The third kappa shape index (κ3) is 5.50. The van der Waals surface area contributed by atoms with Crippen LogP contribution in [-0.4, -0.2) is 74.5 Å². The fraction of sp³-hybridized carbons (Fsp3) is 0.579. The van der Waals surface area contributed by atoms with Gasteiger partial charge in [0.15, 0.2) is 0 Å². The van der Waals surface area contributed by atoms with Gasteiger partial charge in [-0.05, 0) is 43.5 Å². The topological polar surface area (TPSA) is 80.3 Å². The van der Waals surface area contributed by atoms with E-state index < -0.39 is 0 Å². The minimum atomic E-state index is -0.357. The molecule has 2 heterocycles. The average molecular weight is 377 g/mol. The normalized spacial score (nSPS) is 20.1. The third-order valence-electron chi connectivity index (χ3n) is 4.82. The number of anilines is 1. The van der Waals surface area contributed by atoms with E-state index in [1.807, 2.05) is 24.3 Å². The maximum absolute atomic E-state index is 12.4. The first kappa shape index (κ1) is 19.3. The van der Waals surface area contributed by atoms with Crippen molar-refractivity contribution in [3.63, 3.8) is 0 Å². The van der Waals surface area contributed by atoms with Gasteiger partial charge in [-0.15, -0.1) is 0 Å². The van der Waals surface area contributed by atoms with E-state index in [2.05, 4.69) is 5.32 Å². The van der Waals surface area contributed by atoms with Gasteiger partial charge in [0, 0.05) is 38.5 Å². The van der Waals surface area contributed by atoms with Gasteiger partial charge < -0.3 is 29.3 Å². The Hall–Kier alpha value is -2.48. The number of benzene rings is 1. The summed E-state index contributed by atoms with van der Waals surface area (Å²) in [5.74, 6) is 0.758. The molecule has 1 atom stereocenters. The predicted molar refractivity (Wildman–Crippen MR) is 100 cm³/mol. The molecular formula is C19H27N3O5. The zero-order chi connectivity index (χ0) is 19.1. The van der Waals surface area contributed by atoms with Crippen LogP contribution >= 0.6 is 0 Å². The van der Waals surface area contributed by atoms with Crippen molar-refractivity contribution in [2.24, 2.45) is 0 Å². The first-order valence-corrected chi connectivity index (χ1v) is 9.39. The molecule has 148 valence electrons. The highest BCUT2D eigenvalue weighted by Crippen LogP contribution is 2.19. The summed E-state index contributed by atoms with van der Waals surface area (Å²) in [6, 6.07) is 7.14. The number of nitrogens with one attached hydrogen (secondary N) is 1. The summed E-state index contributed by atoms with van der Waals surface area (Å²) >= 11 is 0. The molecule has 0 spiro atoms. The highest BCUT2D eigenvalue weighted by molar-refractivity contribution is 5.89. The largest absolute Gasteiger partial charge is 0.491 e. The number of nitrogens with zero attached hydrogens (tertiary/aromatic N) is 2. The molecule has 1 aromatic rings. The summed E-state index contributed by atoms with van der Waals surface area (Å²) in [6.07, 6.45) is 3.17. The minimum Gasteiger partial charge on any atom is -0.491 e. The van der Waals surface area contributed by atoms with Gasteiger partial charge in [0.2, 0.25) is 0 Å². The lowest BCUT2D eigenvalue weighted by Crippen LogP contribution is -2.51. The van der Waals surface area contributed by atoms with Crippen LogP contribution in [0.3, 0.4) is 0 Å². The Balaban J connectivity index is 1.42. The molecule has 1 aromatic carbocycles. The molecule has 0 aromatic heterocycles. The van der Waals surface area contributed by atoms with Crippen molar-refractivity contribution in [3.8, 4) is 5.75 Å². The Labute approximate surface area is 159 Å². The van der Waals surface area contributed by atoms with Crippen LogP contribution in [0.5, 0.6) is 5.75 Å². The van der Waals surface area contributed by atoms with Crippen LogP contribution in [0.25, 0.3) is 0 Å². The maximum atomic E-state index is 12.4. The Morgan fingerprint density at radius 3 is 2.44 bits per heavy atom. The summed E-state index contributed by atoms with van der Waals surface area (Å²) in [6.45, 7) is 3.25. The van der Waals surface area contributed by atoms with Gasteiger partial charge >= 0.3 is 12.1 Å². The Morgan fingerprint density at radius 2 is 1.81 bits per heavy atom. The Bertz CT molecular complexity index is 623. The molecule has 0 saturated carbocycles. The second-order valence-electron chi connectivity index (χ2n) is 6.70. The van der Waals surface area contributed by atoms with Crippen molar-refractivity contribution in [1.29, 1.82) is 0 Å². The molecule has 0 bridgehead atoms. The van der Waals surface area contributed by atoms with Crippen LogP contribution in [0.1, 0.15) is 19.3 Å². The van der Waals surface area contributed by atoms with E-state index in [-0.39, 0.29) is 18.2 Å². The molecule has 2 fully saturated rings. The van der Waals surface area contributed by atoms with Crippen molar-refractivity contribution < 1.29 is 23.8 Å². The molecule has 8 nitrogen and oxygen atoms in total. The summed E-state index contributed by atoms with van der Waals surface area (Å²) in [4.78, 5) is 27.1. The maximum Gasteiger partial charge on any atom is 0.409 e. The van der Waals surface area contributed by atoms with Crippen LogP contribution in [-0.2, 0) is 9.47 Å². The first-order chi connectivity index (χ1) is 13.2. The molecule has 0 radical (unpaired) electrons. The number of hydrogen-bond acceptors (Lipinski definition) is 5. The SMILES string of the molecule is COC(=O)N1CCN(C(=O)Nc2ccc(OC[C@H]3CCCCO3)cc2)CC1. The molecule has 27 heavy (non-hydrogen) atoms. The number of carbonyl (C=O) groups is 2. The van der Waals surface area contributed by atoms with E-state index in [4.69, 9.17) is 14.2 Å². The van der Waals surface area contributed by atoms with E-state index in [9.17, 15) is 9.59 Å². The molecule has 0 unspecified atom stereocenters. The highest BCUT2D eigenvalue weighted by atomic mass is 16.5. The van der Waals surface area contributed by atoms with Gasteiger partial charge in [0.25, 0.3) is 0 Å². The summed E-state index contributed by atoms with van der Waals surface area (Å²) in [7, 11) is 1.36. The molecule has 8 heteroatoms. The lowest BCUT2D eigenvalue weighted by atomic mass is 10.1. The number of piperazine rings is 1. The molecule has 3 amide bonds. The zero-order valence-corrected chi connectivity index (χ0v) is 15.7. The lowest BCUT2D eigenvalue weighted by molar-refractivity contribution is -0.0110. The Kier molecular flexibility index (Phi) is 6.75. The fourth-order valence-corrected chi connectivity index (χ4v) is 3.19. The van der Waals surface area contributed by atoms with E-state index >= 15 is 0 Å². The number of carbonyl (C=O) groups excluding carboxylic acids is 2. The molecule has 2 saturated heterocycles. The number of methoxy groups -OCH3 is 1. The lowest BCUT2D eigenvalue weighted by Gasteiger charge is -2.33. The summed E-state index contributed by atoms with van der Waals surface area (Å²) in [5, 5.41) is 2.87. The standard InChI is InChI=1S/C19H27N3O5/c1-25-19(24)22-11-9-21(10-12-22)18(23)20-15-5-7-16(8-6-15)27-14-17-4-2-3-13-26-17/h5-8,17H,2-4,9-14H2,1H3,(H,20,23)/t17-/m1/s1. The van der Waals surface area contributed by atoms with Gasteiger partial charge in [0.05, 0.1) is 13.2 Å². The number of rotatable bonds is 4. The molecule has 2 aliphatic heterocycles. The smallest absolute Gasteiger partial charge is 0.409 e. The molecule has 2 aliphatic rings. The summed E-state index contributed by atoms with van der Waals surface area (Å²) in [5.41, 5.74) is 0.705. The monoisotopic (exact) mass is 377 g/mol. The van der Waals surface area contributed by atoms with E-state index in [1.54, 1.807) is 9.80 Å². The van der Waals surface area contributed by atoms with Crippen LogP contribution in [0, 0.1) is 0 Å². The molecule has 0 aliphatic carbocycles. The van der Waals surface area contributed by atoms with Crippen LogP contribution in [0.15, 0.2) is 24.3 Å². The van der Waals surface area contributed by atoms with E-state index in [0.29, 0.717) is 38.5 Å². The van der Waals surface area contributed by atoms with Crippen molar-refractivity contribution in [1.82, 2.24) is 9.80 Å².